The van der Waals surface area contributed by atoms with Gasteiger partial charge in [0.1, 0.15) is 0 Å². The van der Waals surface area contributed by atoms with Gasteiger partial charge in [-0.1, -0.05) is 12.7 Å². The molecule has 0 bridgehead atoms. The van der Waals surface area contributed by atoms with Crippen molar-refractivity contribution < 1.29 is 5.11 Å². The minimum atomic E-state index is -0.0352. The van der Waals surface area contributed by atoms with Crippen molar-refractivity contribution in [3.8, 4) is 0 Å². The molecule has 2 rings (SSSR count). The van der Waals surface area contributed by atoms with Crippen LogP contribution in [0.25, 0.3) is 17.2 Å². The van der Waals surface area contributed by atoms with E-state index in [4.69, 9.17) is 0 Å². The molecule has 2 heteroatoms. The second-order valence-corrected chi connectivity index (χ2v) is 3.74. The summed E-state index contributed by atoms with van der Waals surface area (Å²) in [7, 11) is 0. The van der Waals surface area contributed by atoms with Gasteiger partial charge in [-0.3, -0.25) is 4.98 Å². The van der Waals surface area contributed by atoms with Gasteiger partial charge in [-0.25, -0.2) is 0 Å². The molecule has 0 atom stereocenters. The number of fused-ring (bicyclic) bond motifs is 1. The minimum absolute atomic E-state index is 0.0352. The van der Waals surface area contributed by atoms with Crippen molar-refractivity contribution in [3.63, 3.8) is 0 Å². The topological polar surface area (TPSA) is 33.1 Å². The Hall–Kier alpha value is -1.89. The van der Waals surface area contributed by atoms with Crippen LogP contribution in [0, 0.1) is 0 Å². The highest BCUT2D eigenvalue weighted by Crippen LogP contribution is 2.23. The molecule has 1 N–H and O–H groups in total. The SMILES string of the molecule is C=C(C)c1cnc2c(c1)C(CO)=C=CC=C2. The molecule has 1 aliphatic rings. The normalized spacial score (nSPS) is 13.0. The highest BCUT2D eigenvalue weighted by molar-refractivity contribution is 5.77. The fourth-order valence-corrected chi connectivity index (χ4v) is 1.58. The third-order valence-electron chi connectivity index (χ3n) is 2.50. The molecule has 0 radical (unpaired) electrons. The van der Waals surface area contributed by atoms with Gasteiger partial charge in [0.15, 0.2) is 0 Å². The summed E-state index contributed by atoms with van der Waals surface area (Å²) in [6.45, 7) is 5.79. The average molecular weight is 211 g/mol. The highest BCUT2D eigenvalue weighted by Gasteiger charge is 2.09. The number of nitrogens with zero attached hydrogens (tertiary/aromatic N) is 1. The molecule has 0 amide bonds. The van der Waals surface area contributed by atoms with Crippen LogP contribution >= 0.6 is 0 Å². The van der Waals surface area contributed by atoms with Gasteiger partial charge in [0, 0.05) is 17.3 Å². The summed E-state index contributed by atoms with van der Waals surface area (Å²) in [4.78, 5) is 4.36. The van der Waals surface area contributed by atoms with E-state index >= 15 is 0 Å². The van der Waals surface area contributed by atoms with E-state index in [0.717, 1.165) is 28.0 Å². The number of pyridine rings is 1. The molecule has 80 valence electrons. The van der Waals surface area contributed by atoms with Crippen LogP contribution < -0.4 is 0 Å². The summed E-state index contributed by atoms with van der Waals surface area (Å²) >= 11 is 0. The van der Waals surface area contributed by atoms with Gasteiger partial charge in [0.25, 0.3) is 0 Å². The number of rotatable bonds is 2. The van der Waals surface area contributed by atoms with Crippen LogP contribution in [0.2, 0.25) is 0 Å². The van der Waals surface area contributed by atoms with Crippen molar-refractivity contribution in [2.24, 2.45) is 0 Å². The standard InChI is InChI=1S/C14H13NO/c1-10(2)12-7-13-11(9-16)5-3-4-6-14(13)15-8-12/h3-4,6-8,16H,1,9H2,2H3. The maximum Gasteiger partial charge on any atom is 0.0760 e. The van der Waals surface area contributed by atoms with Crippen LogP contribution in [0.4, 0.5) is 0 Å². The van der Waals surface area contributed by atoms with E-state index in [-0.39, 0.29) is 6.61 Å². The molecule has 1 aliphatic carbocycles. The Kier molecular flexibility index (Phi) is 2.86. The molecule has 0 saturated carbocycles. The van der Waals surface area contributed by atoms with E-state index in [2.05, 4.69) is 17.3 Å². The summed E-state index contributed by atoms with van der Waals surface area (Å²) < 4.78 is 0. The lowest BCUT2D eigenvalue weighted by atomic mass is 10.0. The molecule has 1 aromatic heterocycles. The monoisotopic (exact) mass is 211 g/mol. The molecule has 1 heterocycles. The smallest absolute Gasteiger partial charge is 0.0760 e. The first-order valence-corrected chi connectivity index (χ1v) is 5.12. The lowest BCUT2D eigenvalue weighted by molar-refractivity contribution is 0.350. The molecule has 0 fully saturated rings. The molecule has 0 aromatic carbocycles. The van der Waals surface area contributed by atoms with E-state index in [1.54, 1.807) is 12.3 Å². The Balaban J connectivity index is 2.64. The number of aliphatic hydroxyl groups excluding tert-OH is 1. The summed E-state index contributed by atoms with van der Waals surface area (Å²) in [5.74, 6) is 0. The quantitative estimate of drug-likeness (QED) is 0.763. The Morgan fingerprint density at radius 1 is 1.56 bits per heavy atom. The minimum Gasteiger partial charge on any atom is -0.391 e. The molecule has 2 nitrogen and oxygen atoms in total. The van der Waals surface area contributed by atoms with Gasteiger partial charge in [-0.2, -0.15) is 0 Å². The van der Waals surface area contributed by atoms with Crippen LogP contribution in [-0.4, -0.2) is 16.7 Å². The number of aliphatic hydroxyl groups is 1. The van der Waals surface area contributed by atoms with Gasteiger partial charge in [0.05, 0.1) is 12.3 Å². The lowest BCUT2D eigenvalue weighted by Crippen LogP contribution is -1.96. The summed E-state index contributed by atoms with van der Waals surface area (Å²) in [5.41, 5.74) is 7.53. The van der Waals surface area contributed by atoms with Crippen molar-refractivity contribution in [2.75, 3.05) is 6.61 Å². The largest absolute Gasteiger partial charge is 0.391 e. The van der Waals surface area contributed by atoms with Crippen LogP contribution in [0.15, 0.2) is 36.7 Å². The maximum absolute atomic E-state index is 9.29. The number of hydrogen-bond donors (Lipinski definition) is 1. The van der Waals surface area contributed by atoms with Crippen molar-refractivity contribution in [2.45, 2.75) is 6.92 Å². The first-order valence-electron chi connectivity index (χ1n) is 5.12. The summed E-state index contributed by atoms with van der Waals surface area (Å²) in [6.07, 6.45) is 7.36. The van der Waals surface area contributed by atoms with Gasteiger partial charge < -0.3 is 5.11 Å². The van der Waals surface area contributed by atoms with Crippen molar-refractivity contribution >= 4 is 17.2 Å². The Bertz CT molecular complexity index is 532. The first-order chi connectivity index (χ1) is 7.72. The Morgan fingerprint density at radius 2 is 2.38 bits per heavy atom. The second-order valence-electron chi connectivity index (χ2n) is 3.74. The molecule has 1 aromatic rings. The average Bonchev–Trinajstić information content (AvgIpc) is 2.49. The van der Waals surface area contributed by atoms with E-state index in [1.807, 2.05) is 25.1 Å². The zero-order valence-electron chi connectivity index (χ0n) is 9.20. The highest BCUT2D eigenvalue weighted by atomic mass is 16.3. The maximum atomic E-state index is 9.29. The predicted molar refractivity (Wildman–Crippen MR) is 66.6 cm³/mol. The van der Waals surface area contributed by atoms with Gasteiger partial charge in [0.2, 0.25) is 0 Å². The molecular formula is C14H13NO. The summed E-state index contributed by atoms with van der Waals surface area (Å²) in [6, 6.07) is 1.99. The molecule has 0 aliphatic heterocycles. The van der Waals surface area contributed by atoms with E-state index in [0.29, 0.717) is 0 Å². The van der Waals surface area contributed by atoms with Crippen molar-refractivity contribution in [1.29, 1.82) is 0 Å². The van der Waals surface area contributed by atoms with Crippen molar-refractivity contribution in [1.82, 2.24) is 4.98 Å². The second kappa shape index (κ2) is 4.31. The van der Waals surface area contributed by atoms with Crippen molar-refractivity contribution in [3.05, 3.63) is 53.5 Å². The zero-order chi connectivity index (χ0) is 11.5. The molecule has 16 heavy (non-hydrogen) atoms. The number of hydrogen-bond acceptors (Lipinski definition) is 2. The van der Waals surface area contributed by atoms with Gasteiger partial charge >= 0.3 is 0 Å². The molecule has 0 saturated heterocycles. The third kappa shape index (κ3) is 1.89. The van der Waals surface area contributed by atoms with Crippen LogP contribution in [0.5, 0.6) is 0 Å². The molecule has 0 unspecified atom stereocenters. The van der Waals surface area contributed by atoms with Crippen LogP contribution in [-0.2, 0) is 0 Å². The van der Waals surface area contributed by atoms with Crippen LogP contribution in [0.1, 0.15) is 23.7 Å². The van der Waals surface area contributed by atoms with E-state index in [9.17, 15) is 5.11 Å². The Labute approximate surface area is 95.0 Å². The van der Waals surface area contributed by atoms with E-state index < -0.39 is 0 Å². The zero-order valence-corrected chi connectivity index (χ0v) is 9.20. The predicted octanol–water partition coefficient (Wildman–Crippen LogP) is 2.67. The lowest BCUT2D eigenvalue weighted by Gasteiger charge is -2.08. The summed E-state index contributed by atoms with van der Waals surface area (Å²) in [5, 5.41) is 9.29. The molecule has 0 spiro atoms. The fourth-order valence-electron chi connectivity index (χ4n) is 1.58. The Morgan fingerprint density at radius 3 is 3.06 bits per heavy atom. The van der Waals surface area contributed by atoms with Gasteiger partial charge in [-0.05, 0) is 36.3 Å². The first kappa shape index (κ1) is 10.6. The number of allylic oxidation sites excluding steroid dienone is 2. The van der Waals surface area contributed by atoms with Gasteiger partial charge in [-0.15, -0.1) is 5.73 Å². The number of aromatic nitrogens is 1. The van der Waals surface area contributed by atoms with E-state index in [1.165, 1.54) is 0 Å². The fraction of sp³-hybridized carbons (Fsp3) is 0.143. The molecular weight excluding hydrogens is 198 g/mol. The van der Waals surface area contributed by atoms with Crippen LogP contribution in [0.3, 0.4) is 0 Å². The third-order valence-corrected chi connectivity index (χ3v) is 2.50.